The summed E-state index contributed by atoms with van der Waals surface area (Å²) in [6, 6.07) is 14.9. The Labute approximate surface area is 133 Å². The predicted octanol–water partition coefficient (Wildman–Crippen LogP) is 3.90. The molecule has 110 valence electrons. The Morgan fingerprint density at radius 2 is 1.95 bits per heavy atom. The summed E-state index contributed by atoms with van der Waals surface area (Å²) in [4.78, 5) is 0. The first-order chi connectivity index (χ1) is 10.2. The van der Waals surface area contributed by atoms with Gasteiger partial charge in [-0.05, 0) is 37.1 Å². The minimum atomic E-state index is 0.320. The molecular formula is C17H18BrNO2. The molecule has 4 heteroatoms. The highest BCUT2D eigenvalue weighted by Crippen LogP contribution is 2.35. The highest BCUT2D eigenvalue weighted by atomic mass is 79.9. The van der Waals surface area contributed by atoms with E-state index < -0.39 is 0 Å². The van der Waals surface area contributed by atoms with Crippen LogP contribution in [-0.4, -0.2) is 12.8 Å². The first-order valence-corrected chi connectivity index (χ1v) is 7.87. The molecule has 1 atom stereocenters. The van der Waals surface area contributed by atoms with Crippen LogP contribution in [0.4, 0.5) is 0 Å². The van der Waals surface area contributed by atoms with E-state index in [0.29, 0.717) is 12.8 Å². The topological polar surface area (TPSA) is 30.5 Å². The van der Waals surface area contributed by atoms with Gasteiger partial charge in [-0.15, -0.1) is 0 Å². The summed E-state index contributed by atoms with van der Waals surface area (Å²) in [5.74, 6) is 1.72. The third-order valence-corrected chi connectivity index (χ3v) is 4.10. The quantitative estimate of drug-likeness (QED) is 0.889. The summed E-state index contributed by atoms with van der Waals surface area (Å²) in [6.07, 6.45) is 1.000. The lowest BCUT2D eigenvalue weighted by atomic mass is 10.1. The van der Waals surface area contributed by atoms with Crippen molar-refractivity contribution in [2.45, 2.75) is 25.9 Å². The van der Waals surface area contributed by atoms with E-state index in [1.54, 1.807) is 0 Å². The number of halogens is 1. The molecule has 1 heterocycles. The average molecular weight is 348 g/mol. The van der Waals surface area contributed by atoms with E-state index in [2.05, 4.69) is 58.5 Å². The van der Waals surface area contributed by atoms with Crippen molar-refractivity contribution in [3.8, 4) is 11.5 Å². The molecule has 2 aromatic rings. The number of benzene rings is 2. The van der Waals surface area contributed by atoms with Crippen molar-refractivity contribution in [1.29, 1.82) is 0 Å². The van der Waals surface area contributed by atoms with E-state index in [9.17, 15) is 0 Å². The molecule has 1 unspecified atom stereocenters. The minimum absolute atomic E-state index is 0.320. The van der Waals surface area contributed by atoms with Gasteiger partial charge in [0.25, 0.3) is 0 Å². The zero-order valence-corrected chi connectivity index (χ0v) is 13.5. The van der Waals surface area contributed by atoms with E-state index in [-0.39, 0.29) is 0 Å². The maximum absolute atomic E-state index is 5.53. The Balaban J connectivity index is 1.58. The second-order valence-electron chi connectivity index (χ2n) is 5.26. The predicted molar refractivity (Wildman–Crippen MR) is 86.7 cm³/mol. The van der Waals surface area contributed by atoms with Crippen molar-refractivity contribution in [3.05, 3.63) is 58.1 Å². The van der Waals surface area contributed by atoms with Crippen molar-refractivity contribution >= 4 is 15.9 Å². The molecule has 0 radical (unpaired) electrons. The summed E-state index contributed by atoms with van der Waals surface area (Å²) >= 11 is 3.46. The number of para-hydroxylation sites is 1. The van der Waals surface area contributed by atoms with Gasteiger partial charge in [0.15, 0.2) is 11.5 Å². The number of nitrogens with one attached hydrogen (secondary N) is 1. The zero-order valence-electron chi connectivity index (χ0n) is 11.9. The van der Waals surface area contributed by atoms with Gasteiger partial charge < -0.3 is 14.8 Å². The van der Waals surface area contributed by atoms with Crippen LogP contribution in [0.2, 0.25) is 0 Å². The molecule has 0 saturated carbocycles. The fraction of sp³-hybridized carbons (Fsp3) is 0.294. The molecule has 1 aliphatic heterocycles. The monoisotopic (exact) mass is 347 g/mol. The fourth-order valence-electron chi connectivity index (χ4n) is 2.46. The molecule has 3 nitrogen and oxygen atoms in total. The summed E-state index contributed by atoms with van der Waals surface area (Å²) < 4.78 is 12.0. The first-order valence-electron chi connectivity index (χ1n) is 7.07. The number of ether oxygens (including phenoxy) is 2. The third-order valence-electron chi connectivity index (χ3n) is 3.57. The average Bonchev–Trinajstić information content (AvgIpc) is 2.96. The number of fused-ring (bicyclic) bond motifs is 1. The highest BCUT2D eigenvalue weighted by Gasteiger charge is 2.17. The molecule has 0 spiro atoms. The van der Waals surface area contributed by atoms with Gasteiger partial charge in [0.05, 0.1) is 0 Å². The van der Waals surface area contributed by atoms with Crippen molar-refractivity contribution in [2.75, 3.05) is 6.79 Å². The van der Waals surface area contributed by atoms with Gasteiger partial charge in [-0.3, -0.25) is 0 Å². The van der Waals surface area contributed by atoms with Crippen molar-refractivity contribution in [1.82, 2.24) is 5.32 Å². The summed E-state index contributed by atoms with van der Waals surface area (Å²) in [5.41, 5.74) is 2.48. The van der Waals surface area contributed by atoms with E-state index in [1.165, 1.54) is 5.56 Å². The summed E-state index contributed by atoms with van der Waals surface area (Å²) in [7, 11) is 0. The molecule has 1 N–H and O–H groups in total. The molecule has 2 aromatic carbocycles. The second-order valence-corrected chi connectivity index (χ2v) is 6.18. The Bertz CT molecular complexity index is 613. The van der Waals surface area contributed by atoms with Crippen LogP contribution in [-0.2, 0) is 13.0 Å². The fourth-order valence-corrected chi connectivity index (χ4v) is 2.72. The summed E-state index contributed by atoms with van der Waals surface area (Å²) in [5, 5.41) is 3.54. The first kappa shape index (κ1) is 14.4. The minimum Gasteiger partial charge on any atom is -0.454 e. The van der Waals surface area contributed by atoms with Crippen LogP contribution in [0.5, 0.6) is 11.5 Å². The lowest BCUT2D eigenvalue weighted by Gasteiger charge is -2.15. The van der Waals surface area contributed by atoms with Crippen molar-refractivity contribution in [3.63, 3.8) is 0 Å². The highest BCUT2D eigenvalue weighted by molar-refractivity contribution is 9.10. The Kier molecular flexibility index (Phi) is 4.46. The van der Waals surface area contributed by atoms with E-state index in [1.807, 2.05) is 12.1 Å². The molecule has 21 heavy (non-hydrogen) atoms. The largest absolute Gasteiger partial charge is 0.454 e. The lowest BCUT2D eigenvalue weighted by Crippen LogP contribution is -2.27. The van der Waals surface area contributed by atoms with Gasteiger partial charge in [-0.1, -0.05) is 40.2 Å². The Morgan fingerprint density at radius 3 is 2.76 bits per heavy atom. The standard InChI is InChI=1S/C17H18BrNO2/c1-12(9-13-5-7-15(18)8-6-13)19-10-14-3-2-4-16-17(14)21-11-20-16/h2-8,12,19H,9-11H2,1H3. The summed E-state index contributed by atoms with van der Waals surface area (Å²) in [6.45, 7) is 3.30. The number of hydrogen-bond acceptors (Lipinski definition) is 3. The van der Waals surface area contributed by atoms with Crippen molar-refractivity contribution in [2.24, 2.45) is 0 Å². The third kappa shape index (κ3) is 3.57. The van der Waals surface area contributed by atoms with Gasteiger partial charge in [-0.2, -0.15) is 0 Å². The van der Waals surface area contributed by atoms with Crippen LogP contribution in [0.3, 0.4) is 0 Å². The smallest absolute Gasteiger partial charge is 0.231 e. The normalized spacial score (nSPS) is 14.2. The Hall–Kier alpha value is -1.52. The van der Waals surface area contributed by atoms with E-state index >= 15 is 0 Å². The molecule has 0 fully saturated rings. The van der Waals surface area contributed by atoms with Gasteiger partial charge >= 0.3 is 0 Å². The van der Waals surface area contributed by atoms with Crippen LogP contribution in [0.1, 0.15) is 18.1 Å². The maximum Gasteiger partial charge on any atom is 0.231 e. The molecule has 0 amide bonds. The molecule has 0 aliphatic carbocycles. The van der Waals surface area contributed by atoms with Crippen LogP contribution in [0.25, 0.3) is 0 Å². The second kappa shape index (κ2) is 6.50. The maximum atomic E-state index is 5.53. The molecule has 0 bridgehead atoms. The van der Waals surface area contributed by atoms with Gasteiger partial charge in [-0.25, -0.2) is 0 Å². The Morgan fingerprint density at radius 1 is 1.14 bits per heavy atom. The molecule has 0 aromatic heterocycles. The number of hydrogen-bond donors (Lipinski definition) is 1. The van der Waals surface area contributed by atoms with Crippen LogP contribution in [0.15, 0.2) is 46.9 Å². The molecular weight excluding hydrogens is 330 g/mol. The molecule has 0 saturated heterocycles. The number of rotatable bonds is 5. The SMILES string of the molecule is CC(Cc1ccc(Br)cc1)NCc1cccc2c1OCO2. The zero-order chi connectivity index (χ0) is 14.7. The lowest BCUT2D eigenvalue weighted by molar-refractivity contribution is 0.173. The van der Waals surface area contributed by atoms with E-state index in [0.717, 1.165) is 34.5 Å². The van der Waals surface area contributed by atoms with Crippen LogP contribution >= 0.6 is 15.9 Å². The van der Waals surface area contributed by atoms with Gasteiger partial charge in [0.1, 0.15) is 0 Å². The van der Waals surface area contributed by atoms with Gasteiger partial charge in [0, 0.05) is 22.6 Å². The van der Waals surface area contributed by atoms with Crippen LogP contribution < -0.4 is 14.8 Å². The van der Waals surface area contributed by atoms with Gasteiger partial charge in [0.2, 0.25) is 6.79 Å². The molecule has 3 rings (SSSR count). The van der Waals surface area contributed by atoms with E-state index in [4.69, 9.17) is 9.47 Å². The molecule has 1 aliphatic rings. The van der Waals surface area contributed by atoms with Crippen LogP contribution in [0, 0.1) is 0 Å². The van der Waals surface area contributed by atoms with Crippen molar-refractivity contribution < 1.29 is 9.47 Å².